The third-order valence-corrected chi connectivity index (χ3v) is 6.43. The van der Waals surface area contributed by atoms with Crippen LogP contribution in [0.25, 0.3) is 0 Å². The topological polar surface area (TPSA) is 50.4 Å². The molecule has 1 aliphatic carbocycles. The molecule has 162 valence electrons. The first-order valence-electron chi connectivity index (χ1n) is 11.0. The number of para-hydroxylation sites is 3. The zero-order valence-corrected chi connectivity index (χ0v) is 18.7. The fourth-order valence-corrected chi connectivity index (χ4v) is 4.83. The number of carbonyl (C=O) groups is 1. The van der Waals surface area contributed by atoms with Gasteiger partial charge in [0.1, 0.15) is 5.75 Å². The lowest BCUT2D eigenvalue weighted by molar-refractivity contribution is -0.116. The Balaban J connectivity index is 1.62. The molecule has 0 radical (unpaired) electrons. The summed E-state index contributed by atoms with van der Waals surface area (Å²) >= 11 is 6.09. The van der Waals surface area contributed by atoms with Gasteiger partial charge in [0.05, 0.1) is 24.0 Å². The molecule has 2 unspecified atom stereocenters. The van der Waals surface area contributed by atoms with Crippen LogP contribution in [0, 0.1) is 0 Å². The largest absolute Gasteiger partial charge is 0.494 e. The maximum absolute atomic E-state index is 13.6. The summed E-state index contributed by atoms with van der Waals surface area (Å²) in [5, 5.41) is 7.91. The van der Waals surface area contributed by atoms with Gasteiger partial charge in [-0.25, -0.2) is 0 Å². The quantitative estimate of drug-likeness (QED) is 0.469. The van der Waals surface area contributed by atoms with Gasteiger partial charge in [-0.05, 0) is 55.2 Å². The highest BCUT2D eigenvalue weighted by molar-refractivity contribution is 6.30. The Morgan fingerprint density at radius 1 is 0.938 bits per heavy atom. The lowest BCUT2D eigenvalue weighted by Gasteiger charge is -2.30. The van der Waals surface area contributed by atoms with Crippen LogP contribution in [0.15, 0.2) is 84.1 Å². The number of Topliss-reactive ketones (excluding diaryl/α,β-unsaturated/α-hetero) is 1. The Bertz CT molecular complexity index is 1190. The zero-order chi connectivity index (χ0) is 22.1. The van der Waals surface area contributed by atoms with Crippen molar-refractivity contribution in [1.82, 2.24) is 0 Å². The van der Waals surface area contributed by atoms with E-state index in [-0.39, 0.29) is 17.7 Å². The highest BCUT2D eigenvalue weighted by Gasteiger charge is 2.37. The average molecular weight is 445 g/mol. The maximum Gasteiger partial charge on any atom is 0.163 e. The van der Waals surface area contributed by atoms with Gasteiger partial charge in [-0.1, -0.05) is 54.1 Å². The van der Waals surface area contributed by atoms with E-state index >= 15 is 0 Å². The molecule has 0 spiro atoms. The molecule has 32 heavy (non-hydrogen) atoms. The smallest absolute Gasteiger partial charge is 0.163 e. The van der Waals surface area contributed by atoms with Gasteiger partial charge in [0, 0.05) is 28.3 Å². The van der Waals surface area contributed by atoms with Crippen LogP contribution in [0.1, 0.15) is 42.9 Å². The second-order valence-corrected chi connectivity index (χ2v) is 8.63. The minimum absolute atomic E-state index is 0.110. The van der Waals surface area contributed by atoms with Crippen LogP contribution in [0.5, 0.6) is 5.75 Å². The molecule has 2 atom stereocenters. The van der Waals surface area contributed by atoms with Gasteiger partial charge in [0.15, 0.2) is 5.78 Å². The molecule has 5 heteroatoms. The third kappa shape index (κ3) is 3.87. The fourth-order valence-electron chi connectivity index (χ4n) is 4.70. The second-order valence-electron chi connectivity index (χ2n) is 8.19. The number of nitrogens with one attached hydrogen (secondary N) is 2. The summed E-state index contributed by atoms with van der Waals surface area (Å²) in [5.74, 6) is 1.06. The van der Waals surface area contributed by atoms with Crippen molar-refractivity contribution in [2.45, 2.75) is 31.7 Å². The summed E-state index contributed by atoms with van der Waals surface area (Å²) in [7, 11) is 0. The van der Waals surface area contributed by atoms with Crippen LogP contribution < -0.4 is 15.4 Å². The molecule has 0 amide bonds. The van der Waals surface area contributed by atoms with Gasteiger partial charge in [-0.15, -0.1) is 0 Å². The van der Waals surface area contributed by atoms with E-state index in [2.05, 4.69) is 10.6 Å². The van der Waals surface area contributed by atoms with E-state index in [0.717, 1.165) is 45.9 Å². The van der Waals surface area contributed by atoms with Gasteiger partial charge in [0.25, 0.3) is 0 Å². The van der Waals surface area contributed by atoms with Crippen LogP contribution in [0.2, 0.25) is 5.02 Å². The Morgan fingerprint density at radius 2 is 1.66 bits per heavy atom. The SMILES string of the molecule is CCOc1ccccc1C1Nc2ccccc2NC2=C1C(=O)CC(c1ccc(Cl)cc1)C2. The van der Waals surface area contributed by atoms with E-state index in [1.54, 1.807) is 0 Å². The number of ketones is 1. The molecule has 1 aliphatic heterocycles. The molecule has 0 aromatic heterocycles. The minimum atomic E-state index is -0.289. The number of hydrogen-bond donors (Lipinski definition) is 2. The molecule has 0 fully saturated rings. The summed E-state index contributed by atoms with van der Waals surface area (Å²) in [5.41, 5.74) is 5.80. The van der Waals surface area contributed by atoms with Crippen molar-refractivity contribution >= 4 is 28.8 Å². The van der Waals surface area contributed by atoms with Gasteiger partial charge < -0.3 is 15.4 Å². The number of halogens is 1. The van der Waals surface area contributed by atoms with Gasteiger partial charge >= 0.3 is 0 Å². The van der Waals surface area contributed by atoms with Crippen molar-refractivity contribution in [2.75, 3.05) is 17.2 Å². The molecule has 0 bridgehead atoms. The first-order valence-corrected chi connectivity index (χ1v) is 11.4. The third-order valence-electron chi connectivity index (χ3n) is 6.18. The minimum Gasteiger partial charge on any atom is -0.494 e. The number of hydrogen-bond acceptors (Lipinski definition) is 4. The number of carbonyl (C=O) groups excluding carboxylic acids is 1. The molecular formula is C27H25ClN2O2. The van der Waals surface area contributed by atoms with Crippen molar-refractivity contribution in [2.24, 2.45) is 0 Å². The Morgan fingerprint density at radius 3 is 2.44 bits per heavy atom. The summed E-state index contributed by atoms with van der Waals surface area (Å²) in [6, 6.07) is 23.6. The van der Waals surface area contributed by atoms with E-state index in [4.69, 9.17) is 16.3 Å². The molecule has 0 saturated carbocycles. The molecule has 4 nitrogen and oxygen atoms in total. The highest BCUT2D eigenvalue weighted by Crippen LogP contribution is 2.45. The van der Waals surface area contributed by atoms with Gasteiger partial charge in [-0.2, -0.15) is 0 Å². The van der Waals surface area contributed by atoms with E-state index in [1.165, 1.54) is 0 Å². The predicted molar refractivity (Wildman–Crippen MR) is 129 cm³/mol. The Kier molecular flexibility index (Phi) is 5.62. The number of ether oxygens (including phenoxy) is 1. The molecule has 2 aliphatic rings. The van der Waals surface area contributed by atoms with Crippen molar-refractivity contribution < 1.29 is 9.53 Å². The zero-order valence-electron chi connectivity index (χ0n) is 17.9. The van der Waals surface area contributed by atoms with Crippen LogP contribution >= 0.6 is 11.6 Å². The number of allylic oxidation sites excluding steroid dienone is 1. The van der Waals surface area contributed by atoms with E-state index < -0.39 is 0 Å². The number of fused-ring (bicyclic) bond motifs is 1. The Hall–Kier alpha value is -3.24. The van der Waals surface area contributed by atoms with Gasteiger partial charge in [-0.3, -0.25) is 4.79 Å². The van der Waals surface area contributed by atoms with Crippen molar-refractivity contribution in [1.29, 1.82) is 0 Å². The average Bonchev–Trinajstić information content (AvgIpc) is 2.97. The molecular weight excluding hydrogens is 420 g/mol. The van der Waals surface area contributed by atoms with E-state index in [9.17, 15) is 4.79 Å². The van der Waals surface area contributed by atoms with Crippen molar-refractivity contribution in [3.63, 3.8) is 0 Å². The number of benzene rings is 3. The number of rotatable bonds is 4. The molecule has 0 saturated heterocycles. The molecule has 5 rings (SSSR count). The molecule has 3 aromatic carbocycles. The van der Waals surface area contributed by atoms with Gasteiger partial charge in [0.2, 0.25) is 0 Å². The fraction of sp³-hybridized carbons (Fsp3) is 0.222. The summed E-state index contributed by atoms with van der Waals surface area (Å²) in [6.07, 6.45) is 1.22. The Labute approximate surface area is 193 Å². The molecule has 1 heterocycles. The first-order chi connectivity index (χ1) is 15.6. The lowest BCUT2D eigenvalue weighted by Crippen LogP contribution is -2.27. The predicted octanol–water partition coefficient (Wildman–Crippen LogP) is 6.72. The monoisotopic (exact) mass is 444 g/mol. The second kappa shape index (κ2) is 8.71. The summed E-state index contributed by atoms with van der Waals surface area (Å²) < 4.78 is 5.93. The first kappa shape index (κ1) is 20.7. The van der Waals surface area contributed by atoms with Crippen molar-refractivity contribution in [3.8, 4) is 5.75 Å². The maximum atomic E-state index is 13.6. The molecule has 2 N–H and O–H groups in total. The number of anilines is 2. The molecule has 3 aromatic rings. The lowest BCUT2D eigenvalue weighted by atomic mass is 9.78. The normalized spacial score (nSPS) is 19.9. The van der Waals surface area contributed by atoms with Crippen LogP contribution in [0.4, 0.5) is 11.4 Å². The van der Waals surface area contributed by atoms with E-state index in [1.807, 2.05) is 79.7 Å². The van der Waals surface area contributed by atoms with Crippen LogP contribution in [-0.2, 0) is 4.79 Å². The summed E-state index contributed by atoms with van der Waals surface area (Å²) in [6.45, 7) is 2.54. The highest BCUT2D eigenvalue weighted by atomic mass is 35.5. The van der Waals surface area contributed by atoms with E-state index in [0.29, 0.717) is 18.1 Å². The van der Waals surface area contributed by atoms with Crippen molar-refractivity contribution in [3.05, 3.63) is 100 Å². The van der Waals surface area contributed by atoms with Crippen LogP contribution in [-0.4, -0.2) is 12.4 Å². The summed E-state index contributed by atoms with van der Waals surface area (Å²) in [4.78, 5) is 13.6. The standard InChI is InChI=1S/C27H25ClN2O2/c1-2-32-25-10-6-3-7-20(25)27-26-23(29-21-8-4-5-9-22(21)30-27)15-18(16-24(26)31)17-11-13-19(28)14-12-17/h3-14,18,27,29-30H,2,15-16H2,1H3. The van der Waals surface area contributed by atoms with Crippen LogP contribution in [0.3, 0.4) is 0 Å².